The van der Waals surface area contributed by atoms with Crippen LogP contribution < -0.4 is 5.32 Å². The Balaban J connectivity index is 1.95. The molecule has 0 bridgehead atoms. The van der Waals surface area contributed by atoms with Crippen LogP contribution in [-0.2, 0) is 14.8 Å². The maximum absolute atomic E-state index is 12.7. The van der Waals surface area contributed by atoms with E-state index < -0.39 is 10.0 Å². The molecule has 26 heavy (non-hydrogen) atoms. The second-order valence-corrected chi connectivity index (χ2v) is 8.42. The standard InChI is InChI=1S/C17H26N4O4S/c1-19(2)9-3-8-18-17(23)15-4-6-16(7-5-15)26(24,25)21-12-10-20(14-22)11-13-21/h4-7,14H,3,8-13H2,1-2H3,(H,18,23). The molecule has 0 aromatic heterocycles. The monoisotopic (exact) mass is 382 g/mol. The van der Waals surface area contributed by atoms with Gasteiger partial charge in [0.1, 0.15) is 0 Å². The van der Waals surface area contributed by atoms with Crippen molar-refractivity contribution in [2.24, 2.45) is 0 Å². The summed E-state index contributed by atoms with van der Waals surface area (Å²) in [6, 6.07) is 5.96. The topological polar surface area (TPSA) is 90.0 Å². The molecule has 0 aliphatic carbocycles. The smallest absolute Gasteiger partial charge is 0.251 e. The maximum atomic E-state index is 12.7. The van der Waals surface area contributed by atoms with Crippen LogP contribution in [0.4, 0.5) is 0 Å². The Morgan fingerprint density at radius 3 is 2.31 bits per heavy atom. The molecule has 1 aromatic rings. The fourth-order valence-electron chi connectivity index (χ4n) is 2.68. The van der Waals surface area contributed by atoms with E-state index in [2.05, 4.69) is 5.32 Å². The Kier molecular flexibility index (Phi) is 7.13. The zero-order valence-corrected chi connectivity index (χ0v) is 16.0. The summed E-state index contributed by atoms with van der Waals surface area (Å²) in [6.07, 6.45) is 1.58. The maximum Gasteiger partial charge on any atom is 0.251 e. The van der Waals surface area contributed by atoms with Crippen molar-refractivity contribution in [3.05, 3.63) is 29.8 Å². The number of carbonyl (C=O) groups excluding carboxylic acids is 2. The molecule has 9 heteroatoms. The molecular formula is C17H26N4O4S. The summed E-state index contributed by atoms with van der Waals surface area (Å²) in [7, 11) is 0.331. The number of amides is 2. The molecule has 1 aliphatic heterocycles. The molecule has 1 aromatic carbocycles. The molecule has 0 unspecified atom stereocenters. The van der Waals surface area contributed by atoms with E-state index in [4.69, 9.17) is 0 Å². The number of carbonyl (C=O) groups is 2. The van der Waals surface area contributed by atoms with Crippen LogP contribution in [0.25, 0.3) is 0 Å². The molecule has 2 rings (SSSR count). The zero-order chi connectivity index (χ0) is 19.2. The first-order chi connectivity index (χ1) is 12.3. The highest BCUT2D eigenvalue weighted by atomic mass is 32.2. The van der Waals surface area contributed by atoms with Crippen LogP contribution >= 0.6 is 0 Å². The average Bonchev–Trinajstić information content (AvgIpc) is 2.65. The van der Waals surface area contributed by atoms with Gasteiger partial charge in [0, 0.05) is 38.3 Å². The molecule has 1 N–H and O–H groups in total. The lowest BCUT2D eigenvalue weighted by molar-refractivity contribution is -0.119. The number of nitrogens with zero attached hydrogens (tertiary/aromatic N) is 3. The Morgan fingerprint density at radius 2 is 1.77 bits per heavy atom. The lowest BCUT2D eigenvalue weighted by Crippen LogP contribution is -2.47. The third-order valence-electron chi connectivity index (χ3n) is 4.24. The molecule has 8 nitrogen and oxygen atoms in total. The van der Waals surface area contributed by atoms with Crippen molar-refractivity contribution in [2.45, 2.75) is 11.3 Å². The number of benzene rings is 1. The van der Waals surface area contributed by atoms with Crippen LogP contribution in [0, 0.1) is 0 Å². The number of hydrogen-bond acceptors (Lipinski definition) is 5. The van der Waals surface area contributed by atoms with Crippen molar-refractivity contribution in [2.75, 3.05) is 53.4 Å². The predicted molar refractivity (Wildman–Crippen MR) is 98.3 cm³/mol. The van der Waals surface area contributed by atoms with Gasteiger partial charge in [-0.05, 0) is 51.3 Å². The molecule has 0 saturated carbocycles. The summed E-state index contributed by atoms with van der Waals surface area (Å²) in [5.41, 5.74) is 0.430. The van der Waals surface area contributed by atoms with Crippen molar-refractivity contribution >= 4 is 22.3 Å². The first kappa shape index (κ1) is 20.3. The van der Waals surface area contributed by atoms with Gasteiger partial charge in [0.15, 0.2) is 0 Å². The summed E-state index contributed by atoms with van der Waals surface area (Å²) in [4.78, 5) is 26.6. The highest BCUT2D eigenvalue weighted by Gasteiger charge is 2.28. The van der Waals surface area contributed by atoms with Crippen LogP contribution in [0.5, 0.6) is 0 Å². The summed E-state index contributed by atoms with van der Waals surface area (Å²) < 4.78 is 26.7. The molecule has 1 fully saturated rings. The molecule has 1 heterocycles. The van der Waals surface area contributed by atoms with Gasteiger partial charge in [-0.25, -0.2) is 8.42 Å². The van der Waals surface area contributed by atoms with Crippen LogP contribution in [-0.4, -0.2) is 88.2 Å². The Morgan fingerprint density at radius 1 is 1.15 bits per heavy atom. The van der Waals surface area contributed by atoms with E-state index in [1.165, 1.54) is 28.6 Å². The molecule has 1 aliphatic rings. The fraction of sp³-hybridized carbons (Fsp3) is 0.529. The molecule has 0 radical (unpaired) electrons. The molecule has 0 spiro atoms. The van der Waals surface area contributed by atoms with E-state index in [-0.39, 0.29) is 23.9 Å². The highest BCUT2D eigenvalue weighted by molar-refractivity contribution is 7.89. The lowest BCUT2D eigenvalue weighted by atomic mass is 10.2. The van der Waals surface area contributed by atoms with Crippen molar-refractivity contribution in [1.82, 2.24) is 19.4 Å². The summed E-state index contributed by atoms with van der Waals surface area (Å²) in [5, 5.41) is 2.82. The molecule has 0 atom stereocenters. The van der Waals surface area contributed by atoms with Crippen LogP contribution in [0.1, 0.15) is 16.8 Å². The Labute approximate surface area is 154 Å². The zero-order valence-electron chi connectivity index (χ0n) is 15.2. The van der Waals surface area contributed by atoms with Crippen molar-refractivity contribution in [3.8, 4) is 0 Å². The van der Waals surface area contributed by atoms with Gasteiger partial charge in [0.05, 0.1) is 4.90 Å². The fourth-order valence-corrected chi connectivity index (χ4v) is 4.10. The van der Waals surface area contributed by atoms with E-state index >= 15 is 0 Å². The van der Waals surface area contributed by atoms with Gasteiger partial charge in [-0.15, -0.1) is 0 Å². The van der Waals surface area contributed by atoms with Crippen molar-refractivity contribution in [1.29, 1.82) is 0 Å². The number of sulfonamides is 1. The van der Waals surface area contributed by atoms with Crippen LogP contribution in [0.3, 0.4) is 0 Å². The normalized spacial score (nSPS) is 15.9. The first-order valence-electron chi connectivity index (χ1n) is 8.57. The molecule has 2 amide bonds. The van der Waals surface area contributed by atoms with Gasteiger partial charge >= 0.3 is 0 Å². The van der Waals surface area contributed by atoms with Gasteiger partial charge in [0.2, 0.25) is 16.4 Å². The average molecular weight is 382 g/mol. The number of nitrogens with one attached hydrogen (secondary N) is 1. The molecule has 1 saturated heterocycles. The highest BCUT2D eigenvalue weighted by Crippen LogP contribution is 2.18. The van der Waals surface area contributed by atoms with Gasteiger partial charge in [-0.1, -0.05) is 0 Å². The van der Waals surface area contributed by atoms with Gasteiger partial charge in [-0.3, -0.25) is 9.59 Å². The van der Waals surface area contributed by atoms with Crippen molar-refractivity contribution < 1.29 is 18.0 Å². The SMILES string of the molecule is CN(C)CCCNC(=O)c1ccc(S(=O)(=O)N2CCN(C=O)CC2)cc1. The third-order valence-corrected chi connectivity index (χ3v) is 6.16. The van der Waals surface area contributed by atoms with Gasteiger partial charge < -0.3 is 15.1 Å². The predicted octanol–water partition coefficient (Wildman–Crippen LogP) is -0.169. The minimum Gasteiger partial charge on any atom is -0.352 e. The van der Waals surface area contributed by atoms with Crippen LogP contribution in [0.15, 0.2) is 29.2 Å². The summed E-state index contributed by atoms with van der Waals surface area (Å²) in [5.74, 6) is -0.215. The van der Waals surface area contributed by atoms with Gasteiger partial charge in [0.25, 0.3) is 5.91 Å². The minimum absolute atomic E-state index is 0.154. The van der Waals surface area contributed by atoms with E-state index in [1.54, 1.807) is 4.90 Å². The first-order valence-corrected chi connectivity index (χ1v) is 10.0. The largest absolute Gasteiger partial charge is 0.352 e. The second kappa shape index (κ2) is 9.11. The van der Waals surface area contributed by atoms with E-state index in [9.17, 15) is 18.0 Å². The number of rotatable bonds is 8. The second-order valence-electron chi connectivity index (χ2n) is 6.48. The van der Waals surface area contributed by atoms with Gasteiger partial charge in [-0.2, -0.15) is 4.31 Å². The third kappa shape index (κ3) is 5.26. The quantitative estimate of drug-likeness (QED) is 0.498. The van der Waals surface area contributed by atoms with Crippen LogP contribution in [0.2, 0.25) is 0 Å². The van der Waals surface area contributed by atoms with E-state index in [0.29, 0.717) is 25.2 Å². The Bertz CT molecular complexity index is 711. The lowest BCUT2D eigenvalue weighted by Gasteiger charge is -2.31. The minimum atomic E-state index is -3.61. The summed E-state index contributed by atoms with van der Waals surface area (Å²) >= 11 is 0. The Hall–Kier alpha value is -1.97. The summed E-state index contributed by atoms with van der Waals surface area (Å²) in [6.45, 7) is 2.77. The number of hydrogen-bond donors (Lipinski definition) is 1. The number of piperazine rings is 1. The molecular weight excluding hydrogens is 356 g/mol. The van der Waals surface area contributed by atoms with E-state index in [0.717, 1.165) is 19.4 Å². The molecule has 144 valence electrons. The van der Waals surface area contributed by atoms with E-state index in [1.807, 2.05) is 19.0 Å². The van der Waals surface area contributed by atoms with Crippen molar-refractivity contribution in [3.63, 3.8) is 0 Å².